The van der Waals surface area contributed by atoms with Crippen LogP contribution in [0.3, 0.4) is 0 Å². The summed E-state index contributed by atoms with van der Waals surface area (Å²) in [5.74, 6) is 0. The Morgan fingerprint density at radius 3 is 1.81 bits per heavy atom. The molecule has 2 aromatic rings. The van der Waals surface area contributed by atoms with E-state index in [2.05, 4.69) is 137 Å². The predicted molar refractivity (Wildman–Crippen MR) is 173 cm³/mol. The maximum atomic E-state index is 3.16. The Labute approximate surface area is 284 Å². The fraction of sp³-hybridized carbons (Fsp3) is 0.436. The number of halogens is 2. The van der Waals surface area contributed by atoms with Gasteiger partial charge >= 0.3 is 41.3 Å². The normalized spacial score (nSPS) is 17.8. The molecule has 0 fully saturated rings. The first-order valence-corrected chi connectivity index (χ1v) is 16.1. The van der Waals surface area contributed by atoms with Gasteiger partial charge in [0.25, 0.3) is 0 Å². The Morgan fingerprint density at radius 2 is 1.33 bits per heavy atom. The van der Waals surface area contributed by atoms with E-state index in [1.54, 1.807) is 24.2 Å². The summed E-state index contributed by atoms with van der Waals surface area (Å²) in [7, 11) is 0. The molecule has 0 N–H and O–H groups in total. The van der Waals surface area contributed by atoms with Crippen molar-refractivity contribution in [1.82, 2.24) is 0 Å². The fourth-order valence-electron chi connectivity index (χ4n) is 6.09. The molecule has 0 nitrogen and oxygen atoms in total. The average Bonchev–Trinajstić information content (AvgIpc) is 3.51. The van der Waals surface area contributed by atoms with Gasteiger partial charge in [0.2, 0.25) is 0 Å². The van der Waals surface area contributed by atoms with Crippen molar-refractivity contribution < 1.29 is 49.0 Å². The van der Waals surface area contributed by atoms with Crippen LogP contribution in [0.25, 0.3) is 22.3 Å². The largest absolute Gasteiger partial charge is 1.00 e. The van der Waals surface area contributed by atoms with E-state index >= 15 is 0 Å². The van der Waals surface area contributed by atoms with Crippen LogP contribution in [0.1, 0.15) is 122 Å². The van der Waals surface area contributed by atoms with Crippen molar-refractivity contribution in [1.29, 1.82) is 0 Å². The molecule has 224 valence electrons. The molecule has 0 atom stereocenters. The molecule has 0 bridgehead atoms. The third-order valence-corrected chi connectivity index (χ3v) is 8.66. The third-order valence-electron chi connectivity index (χ3n) is 8.66. The number of benzene rings is 2. The number of allylic oxidation sites excluding steroid dienone is 8. The molecule has 0 radical (unpaired) electrons. The van der Waals surface area contributed by atoms with Gasteiger partial charge in [-0.25, -0.2) is 18.6 Å². The smallest absolute Gasteiger partial charge is 1.00 e. The molecule has 0 saturated carbocycles. The van der Waals surface area contributed by atoms with E-state index < -0.39 is 0 Å². The summed E-state index contributed by atoms with van der Waals surface area (Å²) in [5, 5.41) is 0. The third kappa shape index (κ3) is 7.81. The second-order valence-electron chi connectivity index (χ2n) is 14.5. The molecule has 4 aliphatic carbocycles. The van der Waals surface area contributed by atoms with Crippen LogP contribution in [0.15, 0.2) is 54.1 Å². The van der Waals surface area contributed by atoms with Crippen molar-refractivity contribution in [3.63, 3.8) is 0 Å². The minimum atomic E-state index is 0. The van der Waals surface area contributed by atoms with Gasteiger partial charge < -0.3 is 24.8 Å². The predicted octanol–water partition coefficient (Wildman–Crippen LogP) is 4.72. The Balaban J connectivity index is 0.000000347. The minimum Gasteiger partial charge on any atom is -1.00 e. The van der Waals surface area contributed by atoms with Crippen LogP contribution in [0.5, 0.6) is 0 Å². The summed E-state index contributed by atoms with van der Waals surface area (Å²) in [5.41, 5.74) is 16.7. The van der Waals surface area contributed by atoms with E-state index in [1.165, 1.54) is 64.4 Å². The molecule has 42 heavy (non-hydrogen) atoms. The Morgan fingerprint density at radius 1 is 0.810 bits per heavy atom. The maximum Gasteiger partial charge on any atom is -1.00 e. The number of hydrogen-bond donors (Lipinski definition) is 0. The SMILES string of the molecule is CC(C)(C)C1=CC[C-]=C1.CC1=C[CH-]C(C)(C)c2cc3c(cc21)-c1cc2c(cc1C3)C(C)(C)CC=C2C.C[C](C)=[Zr+2].[Cl-].[Cl-]. The average molecular weight is 679 g/mol. The van der Waals surface area contributed by atoms with Gasteiger partial charge in [-0.1, -0.05) is 89.1 Å². The molecule has 0 saturated heterocycles. The zero-order chi connectivity index (χ0) is 29.6. The standard InChI is InChI=1S/C27H29.C9H13.C3H6.2ClH.Zr/c1-16-7-9-26(3,4)24-12-18-11-19-13-25-21(17(2)8-10-27(25,5)6)15-23(19)22(18)14-20(16)24;1-9(2,3)8-6-4-5-7-8;1-3-2;;;/h7-9,12-15H,10-11H2,1-6H3;6-7H,4H2,1-3H3;1-2H3;2*1H;/q2*-1;;;;+2/p-2. The van der Waals surface area contributed by atoms with Crippen molar-refractivity contribution in [3.8, 4) is 11.1 Å². The summed E-state index contributed by atoms with van der Waals surface area (Å²) < 4.78 is 1.51. The number of hydrogen-bond acceptors (Lipinski definition) is 0. The molecule has 0 heterocycles. The first-order chi connectivity index (χ1) is 18.5. The van der Waals surface area contributed by atoms with Crippen LogP contribution < -0.4 is 24.8 Å². The summed E-state index contributed by atoms with van der Waals surface area (Å²) in [6.07, 6.45) is 17.8. The summed E-state index contributed by atoms with van der Waals surface area (Å²) >= 11 is 1.55. The van der Waals surface area contributed by atoms with E-state index in [1.807, 2.05) is 0 Å². The van der Waals surface area contributed by atoms with Crippen LogP contribution in [-0.4, -0.2) is 3.21 Å². The topological polar surface area (TPSA) is 0 Å². The number of fused-ring (bicyclic) bond motifs is 5. The van der Waals surface area contributed by atoms with E-state index in [4.69, 9.17) is 0 Å². The Bertz CT molecular complexity index is 1380. The van der Waals surface area contributed by atoms with E-state index in [-0.39, 0.29) is 35.6 Å². The monoisotopic (exact) mass is 676 g/mol. The van der Waals surface area contributed by atoms with Gasteiger partial charge in [0.1, 0.15) is 0 Å². The molecule has 0 unspecified atom stereocenters. The van der Waals surface area contributed by atoms with Gasteiger partial charge in [-0.15, -0.1) is 18.9 Å². The van der Waals surface area contributed by atoms with Crippen molar-refractivity contribution in [3.05, 3.63) is 100 Å². The van der Waals surface area contributed by atoms with Crippen LogP contribution in [0.4, 0.5) is 0 Å². The van der Waals surface area contributed by atoms with Crippen molar-refractivity contribution in [2.45, 2.75) is 106 Å². The van der Waals surface area contributed by atoms with E-state index in [0.717, 1.165) is 19.3 Å². The molecular formula is C39H48Cl2Zr-2. The minimum absolute atomic E-state index is 0. The Hall–Kier alpha value is -1.40. The zero-order valence-electron chi connectivity index (χ0n) is 27.6. The van der Waals surface area contributed by atoms with Gasteiger partial charge in [0.05, 0.1) is 0 Å². The van der Waals surface area contributed by atoms with Crippen molar-refractivity contribution >= 4 is 14.4 Å². The first-order valence-electron chi connectivity index (χ1n) is 14.9. The summed E-state index contributed by atoms with van der Waals surface area (Å²) in [6.45, 7) is 24.9. The quantitative estimate of drug-likeness (QED) is 0.303. The molecule has 3 heteroatoms. The Kier molecular flexibility index (Phi) is 12.0. The van der Waals surface area contributed by atoms with E-state index in [0.29, 0.717) is 5.41 Å². The van der Waals surface area contributed by atoms with Gasteiger partial charge in [0.15, 0.2) is 0 Å². The summed E-state index contributed by atoms with van der Waals surface area (Å²) in [6, 6.07) is 9.95. The molecule has 2 aromatic carbocycles. The molecule has 0 amide bonds. The molecular weight excluding hydrogens is 631 g/mol. The molecule has 6 rings (SSSR count). The van der Waals surface area contributed by atoms with Crippen LogP contribution >= 0.6 is 0 Å². The second kappa shape index (κ2) is 13.7. The molecule has 0 aliphatic heterocycles. The molecule has 0 aromatic heterocycles. The van der Waals surface area contributed by atoms with E-state index in [9.17, 15) is 0 Å². The van der Waals surface area contributed by atoms with Crippen LogP contribution in [0.2, 0.25) is 0 Å². The van der Waals surface area contributed by atoms with Crippen LogP contribution in [0, 0.1) is 17.9 Å². The summed E-state index contributed by atoms with van der Waals surface area (Å²) in [4.78, 5) is 0. The van der Waals surface area contributed by atoms with Gasteiger partial charge in [-0.3, -0.25) is 6.08 Å². The van der Waals surface area contributed by atoms with Crippen molar-refractivity contribution in [2.24, 2.45) is 5.41 Å². The number of rotatable bonds is 0. The van der Waals surface area contributed by atoms with Gasteiger partial charge in [-0.2, -0.15) is 17.2 Å². The van der Waals surface area contributed by atoms with Gasteiger partial charge in [-0.05, 0) is 70.2 Å². The fourth-order valence-corrected chi connectivity index (χ4v) is 6.09. The van der Waals surface area contributed by atoms with Crippen molar-refractivity contribution in [2.75, 3.05) is 0 Å². The van der Waals surface area contributed by atoms with Crippen LogP contribution in [-0.2, 0) is 41.5 Å². The second-order valence-corrected chi connectivity index (χ2v) is 16.9. The van der Waals surface area contributed by atoms with Gasteiger partial charge in [0, 0.05) is 0 Å². The maximum absolute atomic E-state index is 3.16. The zero-order valence-corrected chi connectivity index (χ0v) is 31.5. The molecule has 0 spiro atoms. The molecule has 4 aliphatic rings. The first kappa shape index (κ1) is 36.8.